The highest BCUT2D eigenvalue weighted by Crippen LogP contribution is 2.60. The number of hydrogen-bond donors (Lipinski definition) is 0. The molecule has 0 unspecified atom stereocenters. The number of para-hydroxylation sites is 2. The zero-order valence-electron chi connectivity index (χ0n) is 33.2. The fourth-order valence-electron chi connectivity index (χ4n) is 10.8. The largest absolute Gasteiger partial charge is 0.310 e. The summed E-state index contributed by atoms with van der Waals surface area (Å²) in [7, 11) is 0. The molecule has 0 radical (unpaired) electrons. The van der Waals surface area contributed by atoms with Gasteiger partial charge in [-0.15, -0.1) is 0 Å². The molecule has 0 fully saturated rings. The zero-order valence-corrected chi connectivity index (χ0v) is 33.2. The Labute approximate surface area is 342 Å². The van der Waals surface area contributed by atoms with Gasteiger partial charge in [0.2, 0.25) is 0 Å². The summed E-state index contributed by atoms with van der Waals surface area (Å²) in [4.78, 5) is 5.06. The molecule has 8 aromatic rings. The summed E-state index contributed by atoms with van der Waals surface area (Å²) in [6, 6.07) is 72.2. The number of hydrogen-bond acceptors (Lipinski definition) is 2. The first-order chi connectivity index (χ1) is 28.5. The standard InChI is InChI=1S/C56H46N2/c1-55(2)49-25-13-12-24-47(49)48-38-46(32-33-50(48)55)58(45-30-28-40(29-31-45)39-16-6-3-7-17-39)52-27-15-19-42-35-37-56(54(42)52)36-34-41-18-14-26-51(53(41)56)57(43-20-8-4-9-21-43)44-22-10-5-11-23-44/h3-33,38H,34-37H2,1-2H3/t56-/m1/s1. The maximum absolute atomic E-state index is 2.57. The van der Waals surface area contributed by atoms with Crippen LogP contribution in [0, 0.1) is 0 Å². The average Bonchev–Trinajstić information content (AvgIpc) is 3.93. The Hall–Kier alpha value is -6.64. The molecule has 0 N–H and O–H groups in total. The average molecular weight is 747 g/mol. The number of anilines is 6. The van der Waals surface area contributed by atoms with E-state index in [4.69, 9.17) is 0 Å². The molecule has 2 nitrogen and oxygen atoms in total. The molecule has 0 aromatic heterocycles. The van der Waals surface area contributed by atoms with Gasteiger partial charge in [0.25, 0.3) is 0 Å². The predicted octanol–water partition coefficient (Wildman–Crippen LogP) is 14.8. The highest BCUT2D eigenvalue weighted by Gasteiger charge is 2.49. The fraction of sp³-hybridized carbons (Fsp3) is 0.143. The third kappa shape index (κ3) is 5.32. The van der Waals surface area contributed by atoms with E-state index >= 15 is 0 Å². The Morgan fingerprint density at radius 3 is 1.45 bits per heavy atom. The molecule has 1 atom stereocenters. The number of fused-ring (bicyclic) bond motifs is 7. The lowest BCUT2D eigenvalue weighted by Crippen LogP contribution is -2.27. The molecule has 3 aliphatic rings. The van der Waals surface area contributed by atoms with Crippen LogP contribution in [0.15, 0.2) is 194 Å². The number of aryl methyl sites for hydroxylation is 2. The molecule has 2 heteroatoms. The van der Waals surface area contributed by atoms with E-state index in [2.05, 4.69) is 218 Å². The molecule has 0 saturated heterocycles. The molecule has 8 aromatic carbocycles. The molecule has 0 bridgehead atoms. The first kappa shape index (κ1) is 34.6. The highest BCUT2D eigenvalue weighted by molar-refractivity contribution is 5.89. The quantitative estimate of drug-likeness (QED) is 0.160. The van der Waals surface area contributed by atoms with E-state index in [1.54, 1.807) is 0 Å². The molecule has 0 heterocycles. The molecular weight excluding hydrogens is 701 g/mol. The topological polar surface area (TPSA) is 6.48 Å². The van der Waals surface area contributed by atoms with Crippen LogP contribution >= 0.6 is 0 Å². The number of rotatable bonds is 7. The monoisotopic (exact) mass is 746 g/mol. The normalized spacial score (nSPS) is 16.7. The molecule has 0 saturated carbocycles. The van der Waals surface area contributed by atoms with Crippen molar-refractivity contribution in [2.24, 2.45) is 0 Å². The maximum atomic E-state index is 2.57. The second-order valence-electron chi connectivity index (χ2n) is 16.9. The van der Waals surface area contributed by atoms with Crippen molar-refractivity contribution in [2.45, 2.75) is 50.4 Å². The first-order valence-electron chi connectivity index (χ1n) is 20.9. The van der Waals surface area contributed by atoms with Crippen LogP contribution in [0.25, 0.3) is 22.3 Å². The summed E-state index contributed by atoms with van der Waals surface area (Å²) in [5.74, 6) is 0. The van der Waals surface area contributed by atoms with Crippen LogP contribution in [0.5, 0.6) is 0 Å². The van der Waals surface area contributed by atoms with E-state index in [1.165, 1.54) is 89.8 Å². The SMILES string of the molecule is CC1(C)c2ccccc2-c2cc(N(c3ccc(-c4ccccc4)cc3)c3cccc4c3[C@]3(CCc5cccc(N(c6ccccc6)c6ccccc6)c53)CC4)ccc21. The highest BCUT2D eigenvalue weighted by atomic mass is 15.2. The van der Waals surface area contributed by atoms with Gasteiger partial charge in [-0.2, -0.15) is 0 Å². The number of benzene rings is 8. The van der Waals surface area contributed by atoms with Crippen LogP contribution < -0.4 is 9.80 Å². The predicted molar refractivity (Wildman–Crippen MR) is 243 cm³/mol. The summed E-state index contributed by atoms with van der Waals surface area (Å²) < 4.78 is 0. The summed E-state index contributed by atoms with van der Waals surface area (Å²) in [6.45, 7) is 4.74. The van der Waals surface area contributed by atoms with Crippen molar-refractivity contribution in [1.29, 1.82) is 0 Å². The number of nitrogens with zero attached hydrogens (tertiary/aromatic N) is 2. The van der Waals surface area contributed by atoms with Crippen LogP contribution in [-0.4, -0.2) is 0 Å². The molecule has 0 aliphatic heterocycles. The van der Waals surface area contributed by atoms with Crippen LogP contribution in [0.3, 0.4) is 0 Å². The molecule has 58 heavy (non-hydrogen) atoms. The summed E-state index contributed by atoms with van der Waals surface area (Å²) >= 11 is 0. The van der Waals surface area contributed by atoms with E-state index in [1.807, 2.05) is 0 Å². The maximum Gasteiger partial charge on any atom is 0.0505 e. The van der Waals surface area contributed by atoms with Gasteiger partial charge in [-0.3, -0.25) is 0 Å². The van der Waals surface area contributed by atoms with Crippen molar-refractivity contribution in [2.75, 3.05) is 9.80 Å². The van der Waals surface area contributed by atoms with Gasteiger partial charge in [-0.05, 0) is 142 Å². The Morgan fingerprint density at radius 1 is 0.379 bits per heavy atom. The van der Waals surface area contributed by atoms with Crippen molar-refractivity contribution in [3.63, 3.8) is 0 Å². The fourth-order valence-corrected chi connectivity index (χ4v) is 10.8. The third-order valence-electron chi connectivity index (χ3n) is 13.4. The van der Waals surface area contributed by atoms with E-state index in [-0.39, 0.29) is 10.8 Å². The van der Waals surface area contributed by atoms with Crippen molar-refractivity contribution in [3.8, 4) is 22.3 Å². The molecule has 280 valence electrons. The van der Waals surface area contributed by atoms with Gasteiger partial charge in [-0.1, -0.05) is 147 Å². The smallest absolute Gasteiger partial charge is 0.0505 e. The van der Waals surface area contributed by atoms with Crippen LogP contribution in [0.4, 0.5) is 34.1 Å². The van der Waals surface area contributed by atoms with Gasteiger partial charge < -0.3 is 9.80 Å². The van der Waals surface area contributed by atoms with Gasteiger partial charge in [0.15, 0.2) is 0 Å². The van der Waals surface area contributed by atoms with Crippen LogP contribution in [0.1, 0.15) is 60.1 Å². The lowest BCUT2D eigenvalue weighted by molar-refractivity contribution is 0.508. The van der Waals surface area contributed by atoms with E-state index in [0.717, 1.165) is 25.7 Å². The van der Waals surface area contributed by atoms with Gasteiger partial charge in [-0.25, -0.2) is 0 Å². The van der Waals surface area contributed by atoms with Crippen molar-refractivity contribution < 1.29 is 0 Å². The Balaban J connectivity index is 1.13. The minimum Gasteiger partial charge on any atom is -0.310 e. The van der Waals surface area contributed by atoms with E-state index in [9.17, 15) is 0 Å². The second kappa shape index (κ2) is 13.5. The Bertz CT molecular complexity index is 2760. The van der Waals surface area contributed by atoms with Crippen molar-refractivity contribution in [1.82, 2.24) is 0 Å². The molecular formula is C56H46N2. The molecule has 3 aliphatic carbocycles. The van der Waals surface area contributed by atoms with Gasteiger partial charge >= 0.3 is 0 Å². The molecule has 1 spiro atoms. The van der Waals surface area contributed by atoms with E-state index < -0.39 is 0 Å². The Kier molecular flexibility index (Phi) is 8.05. The lowest BCUT2D eigenvalue weighted by atomic mass is 9.74. The van der Waals surface area contributed by atoms with Crippen LogP contribution in [-0.2, 0) is 23.7 Å². The zero-order chi connectivity index (χ0) is 38.8. The minimum absolute atomic E-state index is 0.0575. The first-order valence-corrected chi connectivity index (χ1v) is 20.9. The molecule has 0 amide bonds. The summed E-state index contributed by atoms with van der Waals surface area (Å²) in [5.41, 5.74) is 20.9. The second-order valence-corrected chi connectivity index (χ2v) is 16.9. The van der Waals surface area contributed by atoms with Crippen LogP contribution in [0.2, 0.25) is 0 Å². The van der Waals surface area contributed by atoms with Gasteiger partial charge in [0.1, 0.15) is 0 Å². The van der Waals surface area contributed by atoms with E-state index in [0.29, 0.717) is 0 Å². The summed E-state index contributed by atoms with van der Waals surface area (Å²) in [6.07, 6.45) is 4.30. The molecule has 11 rings (SSSR count). The minimum atomic E-state index is -0.146. The third-order valence-corrected chi connectivity index (χ3v) is 13.4. The Morgan fingerprint density at radius 2 is 0.845 bits per heavy atom. The van der Waals surface area contributed by atoms with Crippen molar-refractivity contribution in [3.05, 3.63) is 228 Å². The van der Waals surface area contributed by atoms with Crippen molar-refractivity contribution >= 4 is 34.1 Å². The van der Waals surface area contributed by atoms with Gasteiger partial charge in [0, 0.05) is 33.6 Å². The summed E-state index contributed by atoms with van der Waals surface area (Å²) in [5, 5.41) is 0. The van der Waals surface area contributed by atoms with Gasteiger partial charge in [0.05, 0.1) is 11.4 Å². The lowest BCUT2D eigenvalue weighted by Gasteiger charge is -2.37.